The number of rotatable bonds is 2. The Bertz CT molecular complexity index is 647. The maximum absolute atomic E-state index is 11.2. The zero-order valence-electron chi connectivity index (χ0n) is 9.68. The number of anilines is 3. The van der Waals surface area contributed by atoms with E-state index in [1.807, 2.05) is 6.07 Å². The van der Waals surface area contributed by atoms with Crippen LogP contribution < -0.4 is 15.4 Å². The summed E-state index contributed by atoms with van der Waals surface area (Å²) in [5, 5.41) is 6.16. The van der Waals surface area contributed by atoms with Crippen LogP contribution in [0.4, 0.5) is 17.2 Å². The minimum absolute atomic E-state index is 0.0429. The number of aromatic nitrogens is 2. The van der Waals surface area contributed by atoms with Crippen molar-refractivity contribution in [3.05, 3.63) is 35.7 Å². The Hall–Kier alpha value is -2.34. The number of amides is 1. The van der Waals surface area contributed by atoms with Gasteiger partial charge in [0.25, 0.3) is 5.91 Å². The van der Waals surface area contributed by atoms with Crippen molar-refractivity contribution < 1.29 is 9.53 Å². The molecular weight excluding hydrogens is 268 g/mol. The van der Waals surface area contributed by atoms with Gasteiger partial charge in [0, 0.05) is 11.8 Å². The van der Waals surface area contributed by atoms with E-state index in [0.29, 0.717) is 22.4 Å². The quantitative estimate of drug-likeness (QED) is 0.823. The van der Waals surface area contributed by atoms with Crippen LogP contribution in [0, 0.1) is 0 Å². The Labute approximate surface area is 113 Å². The van der Waals surface area contributed by atoms with E-state index in [1.165, 1.54) is 6.33 Å². The highest BCUT2D eigenvalue weighted by Gasteiger charge is 2.15. The lowest BCUT2D eigenvalue weighted by Crippen LogP contribution is -2.25. The van der Waals surface area contributed by atoms with E-state index >= 15 is 0 Å². The summed E-state index contributed by atoms with van der Waals surface area (Å²) in [5.41, 5.74) is 1.39. The van der Waals surface area contributed by atoms with Crippen molar-refractivity contribution in [1.82, 2.24) is 9.97 Å². The summed E-state index contributed by atoms with van der Waals surface area (Å²) in [6.07, 6.45) is 1.37. The van der Waals surface area contributed by atoms with Crippen LogP contribution in [0.1, 0.15) is 0 Å². The molecule has 1 aliphatic rings. The third kappa shape index (κ3) is 2.58. The number of nitrogens with one attached hydrogen (secondary N) is 2. The summed E-state index contributed by atoms with van der Waals surface area (Å²) in [5.74, 6) is 1.05. The van der Waals surface area contributed by atoms with Gasteiger partial charge >= 0.3 is 0 Å². The van der Waals surface area contributed by atoms with Crippen LogP contribution in [0.3, 0.4) is 0 Å². The Morgan fingerprint density at radius 3 is 3.05 bits per heavy atom. The van der Waals surface area contributed by atoms with E-state index in [9.17, 15) is 4.79 Å². The summed E-state index contributed by atoms with van der Waals surface area (Å²) in [4.78, 5) is 19.1. The monoisotopic (exact) mass is 276 g/mol. The lowest BCUT2D eigenvalue weighted by Gasteiger charge is -2.18. The molecule has 1 aromatic heterocycles. The van der Waals surface area contributed by atoms with Crippen LogP contribution in [-0.4, -0.2) is 22.5 Å². The molecule has 0 aliphatic carbocycles. The van der Waals surface area contributed by atoms with Crippen molar-refractivity contribution in [2.45, 2.75) is 0 Å². The molecule has 0 atom stereocenters. The van der Waals surface area contributed by atoms with E-state index in [2.05, 4.69) is 20.6 Å². The first kappa shape index (κ1) is 11.7. The van der Waals surface area contributed by atoms with Gasteiger partial charge in [-0.05, 0) is 18.2 Å². The zero-order chi connectivity index (χ0) is 13.2. The van der Waals surface area contributed by atoms with Crippen molar-refractivity contribution in [3.63, 3.8) is 0 Å². The molecule has 1 aromatic carbocycles. The summed E-state index contributed by atoms with van der Waals surface area (Å²) >= 11 is 5.78. The molecule has 0 radical (unpaired) electrons. The van der Waals surface area contributed by atoms with Gasteiger partial charge in [-0.15, -0.1) is 0 Å². The van der Waals surface area contributed by atoms with Crippen LogP contribution in [0.2, 0.25) is 5.15 Å². The van der Waals surface area contributed by atoms with Gasteiger partial charge in [0.15, 0.2) is 6.61 Å². The predicted octanol–water partition coefficient (Wildman–Crippen LogP) is 2.20. The van der Waals surface area contributed by atoms with Crippen molar-refractivity contribution in [2.75, 3.05) is 17.2 Å². The van der Waals surface area contributed by atoms with Crippen molar-refractivity contribution in [1.29, 1.82) is 0 Å². The molecule has 6 nitrogen and oxygen atoms in total. The van der Waals surface area contributed by atoms with Gasteiger partial charge in [-0.3, -0.25) is 4.79 Å². The van der Waals surface area contributed by atoms with Crippen LogP contribution >= 0.6 is 11.6 Å². The number of carbonyl (C=O) groups excluding carboxylic acids is 1. The molecule has 2 N–H and O–H groups in total. The first-order valence-electron chi connectivity index (χ1n) is 5.52. The van der Waals surface area contributed by atoms with E-state index in [4.69, 9.17) is 16.3 Å². The second kappa shape index (κ2) is 4.74. The van der Waals surface area contributed by atoms with Crippen LogP contribution in [0.15, 0.2) is 30.6 Å². The largest absolute Gasteiger partial charge is 0.482 e. The average molecular weight is 277 g/mol. The van der Waals surface area contributed by atoms with Crippen molar-refractivity contribution in [2.24, 2.45) is 0 Å². The van der Waals surface area contributed by atoms with E-state index in [1.54, 1.807) is 18.2 Å². The predicted molar refractivity (Wildman–Crippen MR) is 70.9 cm³/mol. The van der Waals surface area contributed by atoms with Crippen molar-refractivity contribution in [3.8, 4) is 5.75 Å². The molecular formula is C12H9ClN4O2. The maximum Gasteiger partial charge on any atom is 0.262 e. The average Bonchev–Trinajstić information content (AvgIpc) is 2.38. The van der Waals surface area contributed by atoms with E-state index < -0.39 is 0 Å². The molecule has 0 spiro atoms. The van der Waals surface area contributed by atoms with Gasteiger partial charge in [0.05, 0.1) is 5.69 Å². The normalized spacial score (nSPS) is 13.2. The van der Waals surface area contributed by atoms with Gasteiger partial charge in [-0.1, -0.05) is 11.6 Å². The van der Waals surface area contributed by atoms with Crippen LogP contribution in [-0.2, 0) is 4.79 Å². The summed E-state index contributed by atoms with van der Waals surface area (Å²) < 4.78 is 5.27. The van der Waals surface area contributed by atoms with Crippen molar-refractivity contribution >= 4 is 34.7 Å². The molecule has 0 fully saturated rings. The van der Waals surface area contributed by atoms with Gasteiger partial charge in [-0.2, -0.15) is 0 Å². The fraction of sp³-hybridized carbons (Fsp3) is 0.0833. The number of halogens is 1. The highest BCUT2D eigenvalue weighted by Crippen LogP contribution is 2.31. The first-order valence-corrected chi connectivity index (χ1v) is 5.90. The third-order valence-corrected chi connectivity index (χ3v) is 2.73. The van der Waals surface area contributed by atoms with Gasteiger partial charge in [-0.25, -0.2) is 9.97 Å². The molecule has 0 saturated carbocycles. The molecule has 96 valence electrons. The Balaban J connectivity index is 1.86. The Morgan fingerprint density at radius 2 is 2.21 bits per heavy atom. The minimum atomic E-state index is -0.172. The summed E-state index contributed by atoms with van der Waals surface area (Å²) in [6, 6.07) is 6.98. The smallest absolute Gasteiger partial charge is 0.262 e. The molecule has 19 heavy (non-hydrogen) atoms. The molecule has 0 unspecified atom stereocenters. The summed E-state index contributed by atoms with van der Waals surface area (Å²) in [6.45, 7) is 0.0429. The fourth-order valence-electron chi connectivity index (χ4n) is 1.71. The SMILES string of the molecule is O=C1COc2ccc(Nc3cc(Cl)ncn3)cc2N1. The lowest BCUT2D eigenvalue weighted by molar-refractivity contribution is -0.118. The first-order chi connectivity index (χ1) is 9.20. The van der Waals surface area contributed by atoms with Gasteiger partial charge in [0.1, 0.15) is 23.0 Å². The Morgan fingerprint density at radius 1 is 1.32 bits per heavy atom. The minimum Gasteiger partial charge on any atom is -0.482 e. The molecule has 2 heterocycles. The maximum atomic E-state index is 11.2. The van der Waals surface area contributed by atoms with Gasteiger partial charge in [0.2, 0.25) is 0 Å². The topological polar surface area (TPSA) is 76.1 Å². The van der Waals surface area contributed by atoms with E-state index in [-0.39, 0.29) is 12.5 Å². The third-order valence-electron chi connectivity index (χ3n) is 2.52. The second-order valence-electron chi connectivity index (χ2n) is 3.90. The molecule has 3 rings (SSSR count). The number of ether oxygens (including phenoxy) is 1. The highest BCUT2D eigenvalue weighted by atomic mass is 35.5. The summed E-state index contributed by atoms with van der Waals surface area (Å²) in [7, 11) is 0. The molecule has 1 aliphatic heterocycles. The number of hydrogen-bond acceptors (Lipinski definition) is 5. The zero-order valence-corrected chi connectivity index (χ0v) is 10.4. The standard InChI is InChI=1S/C12H9ClN4O2/c13-10-4-11(15-6-14-10)16-7-1-2-9-8(3-7)17-12(18)5-19-9/h1-4,6H,5H2,(H,17,18)(H,14,15,16). The fourth-order valence-corrected chi connectivity index (χ4v) is 1.86. The number of hydrogen-bond donors (Lipinski definition) is 2. The molecule has 0 saturated heterocycles. The van der Waals surface area contributed by atoms with Crippen LogP contribution in [0.25, 0.3) is 0 Å². The highest BCUT2D eigenvalue weighted by molar-refractivity contribution is 6.29. The number of carbonyl (C=O) groups is 1. The van der Waals surface area contributed by atoms with Gasteiger partial charge < -0.3 is 15.4 Å². The number of fused-ring (bicyclic) bond motifs is 1. The van der Waals surface area contributed by atoms with Crippen LogP contribution in [0.5, 0.6) is 5.75 Å². The molecule has 7 heteroatoms. The lowest BCUT2D eigenvalue weighted by atomic mass is 10.2. The Kier molecular flexibility index (Phi) is 2.92. The molecule has 2 aromatic rings. The molecule has 1 amide bonds. The molecule has 0 bridgehead atoms. The number of benzene rings is 1. The number of nitrogens with zero attached hydrogens (tertiary/aromatic N) is 2. The van der Waals surface area contributed by atoms with E-state index in [0.717, 1.165) is 5.69 Å². The second-order valence-corrected chi connectivity index (χ2v) is 4.29.